The zero-order valence-electron chi connectivity index (χ0n) is 10.1. The molecule has 2 heterocycles. The molecule has 0 bridgehead atoms. The summed E-state index contributed by atoms with van der Waals surface area (Å²) in [6, 6.07) is 1.09. The number of likely N-dealkylation sites (tertiary alicyclic amines) is 1. The van der Waals surface area contributed by atoms with E-state index < -0.39 is 0 Å². The summed E-state index contributed by atoms with van der Waals surface area (Å²) in [7, 11) is 0. The van der Waals surface area contributed by atoms with Gasteiger partial charge in [-0.1, -0.05) is 6.42 Å². The molecule has 0 aliphatic carbocycles. The molecule has 90 valence electrons. The minimum atomic E-state index is 0.232. The van der Waals surface area contributed by atoms with Gasteiger partial charge in [-0.25, -0.2) is 4.98 Å². The van der Waals surface area contributed by atoms with E-state index in [1.54, 1.807) is 11.3 Å². The summed E-state index contributed by atoms with van der Waals surface area (Å²) in [5, 5.41) is 3.23. The number of nitrogens with two attached hydrogens (primary N) is 1. The van der Waals surface area contributed by atoms with Gasteiger partial charge in [0.15, 0.2) is 0 Å². The van der Waals surface area contributed by atoms with Crippen LogP contribution < -0.4 is 5.73 Å². The van der Waals surface area contributed by atoms with Crippen LogP contribution in [0.2, 0.25) is 0 Å². The number of aromatic nitrogens is 1. The highest BCUT2D eigenvalue weighted by Crippen LogP contribution is 2.31. The van der Waals surface area contributed by atoms with E-state index in [9.17, 15) is 0 Å². The molecule has 1 aliphatic rings. The third kappa shape index (κ3) is 2.44. The fourth-order valence-electron chi connectivity index (χ4n) is 2.50. The normalized spacial score (nSPS) is 28.2. The van der Waals surface area contributed by atoms with Crippen molar-refractivity contribution in [2.45, 2.75) is 51.2 Å². The SMILES string of the molecule is CC(C)N1CCCCC(N)C1c1nccs1. The van der Waals surface area contributed by atoms with E-state index in [0.717, 1.165) is 13.0 Å². The Morgan fingerprint density at radius 1 is 1.50 bits per heavy atom. The molecule has 1 fully saturated rings. The first-order chi connectivity index (χ1) is 7.70. The van der Waals surface area contributed by atoms with Crippen LogP contribution >= 0.6 is 11.3 Å². The molecule has 0 amide bonds. The van der Waals surface area contributed by atoms with Crippen LogP contribution in [0.3, 0.4) is 0 Å². The number of thiazole rings is 1. The molecule has 2 atom stereocenters. The van der Waals surface area contributed by atoms with Crippen LogP contribution in [0.25, 0.3) is 0 Å². The molecule has 1 saturated heterocycles. The predicted octanol–water partition coefficient (Wildman–Crippen LogP) is 2.41. The third-order valence-corrected chi connectivity index (χ3v) is 4.18. The van der Waals surface area contributed by atoms with Gasteiger partial charge in [-0.15, -0.1) is 11.3 Å². The van der Waals surface area contributed by atoms with Crippen molar-refractivity contribution in [1.29, 1.82) is 0 Å². The maximum Gasteiger partial charge on any atom is 0.111 e. The first-order valence-electron chi connectivity index (χ1n) is 6.11. The molecule has 0 aromatic carbocycles. The number of hydrogen-bond donors (Lipinski definition) is 1. The van der Waals surface area contributed by atoms with Crippen LogP contribution in [0.1, 0.15) is 44.2 Å². The lowest BCUT2D eigenvalue weighted by molar-refractivity contribution is 0.144. The fourth-order valence-corrected chi connectivity index (χ4v) is 3.33. The second-order valence-corrected chi connectivity index (χ2v) is 5.73. The minimum Gasteiger partial charge on any atom is -0.326 e. The van der Waals surface area contributed by atoms with Gasteiger partial charge < -0.3 is 5.73 Å². The highest BCUT2D eigenvalue weighted by molar-refractivity contribution is 7.09. The van der Waals surface area contributed by atoms with Gasteiger partial charge in [0.2, 0.25) is 0 Å². The molecular formula is C12H21N3S. The van der Waals surface area contributed by atoms with Gasteiger partial charge in [0.25, 0.3) is 0 Å². The number of rotatable bonds is 2. The van der Waals surface area contributed by atoms with E-state index in [4.69, 9.17) is 5.73 Å². The first-order valence-corrected chi connectivity index (χ1v) is 6.99. The second kappa shape index (κ2) is 5.25. The molecular weight excluding hydrogens is 218 g/mol. The Hall–Kier alpha value is -0.450. The summed E-state index contributed by atoms with van der Waals surface area (Å²) in [6.45, 7) is 5.65. The van der Waals surface area contributed by atoms with Gasteiger partial charge in [-0.05, 0) is 33.2 Å². The Labute approximate surface area is 102 Å². The average Bonchev–Trinajstić information content (AvgIpc) is 2.68. The summed E-state index contributed by atoms with van der Waals surface area (Å²) in [4.78, 5) is 6.97. The first kappa shape index (κ1) is 12.0. The van der Waals surface area contributed by atoms with Crippen LogP contribution in [0.5, 0.6) is 0 Å². The topological polar surface area (TPSA) is 42.1 Å². The van der Waals surface area contributed by atoms with Crippen LogP contribution in [-0.4, -0.2) is 28.5 Å². The summed E-state index contributed by atoms with van der Waals surface area (Å²) in [6.07, 6.45) is 5.50. The zero-order valence-corrected chi connectivity index (χ0v) is 10.9. The number of nitrogens with zero attached hydrogens (tertiary/aromatic N) is 2. The largest absolute Gasteiger partial charge is 0.326 e. The van der Waals surface area contributed by atoms with Crippen molar-refractivity contribution in [3.63, 3.8) is 0 Å². The highest BCUT2D eigenvalue weighted by atomic mass is 32.1. The molecule has 0 radical (unpaired) electrons. The van der Waals surface area contributed by atoms with Crippen molar-refractivity contribution >= 4 is 11.3 Å². The summed E-state index contributed by atoms with van der Waals surface area (Å²) in [5.74, 6) is 0. The quantitative estimate of drug-likeness (QED) is 0.861. The Morgan fingerprint density at radius 3 is 2.94 bits per heavy atom. The monoisotopic (exact) mass is 239 g/mol. The Balaban J connectivity index is 2.26. The van der Waals surface area contributed by atoms with E-state index in [1.165, 1.54) is 17.8 Å². The lowest BCUT2D eigenvalue weighted by Crippen LogP contribution is -2.43. The van der Waals surface area contributed by atoms with Gasteiger partial charge in [0.1, 0.15) is 5.01 Å². The van der Waals surface area contributed by atoms with Crippen molar-refractivity contribution < 1.29 is 0 Å². The molecule has 1 aliphatic heterocycles. The molecule has 3 nitrogen and oxygen atoms in total. The third-order valence-electron chi connectivity index (χ3n) is 3.33. The summed E-state index contributed by atoms with van der Waals surface area (Å²) >= 11 is 1.73. The van der Waals surface area contributed by atoms with Crippen molar-refractivity contribution in [1.82, 2.24) is 9.88 Å². The van der Waals surface area contributed by atoms with Crippen LogP contribution in [0, 0.1) is 0 Å². The van der Waals surface area contributed by atoms with Crippen LogP contribution in [0.4, 0.5) is 0 Å². The molecule has 16 heavy (non-hydrogen) atoms. The van der Waals surface area contributed by atoms with E-state index in [1.807, 2.05) is 11.6 Å². The molecule has 1 aromatic rings. The van der Waals surface area contributed by atoms with Crippen molar-refractivity contribution in [3.05, 3.63) is 16.6 Å². The Bertz CT molecular complexity index is 310. The molecule has 0 spiro atoms. The maximum absolute atomic E-state index is 6.32. The minimum absolute atomic E-state index is 0.232. The molecule has 2 rings (SSSR count). The Kier molecular flexibility index (Phi) is 3.95. The van der Waals surface area contributed by atoms with Gasteiger partial charge in [-0.3, -0.25) is 4.90 Å². The molecule has 1 aromatic heterocycles. The van der Waals surface area contributed by atoms with Gasteiger partial charge >= 0.3 is 0 Å². The lowest BCUT2D eigenvalue weighted by Gasteiger charge is -2.35. The van der Waals surface area contributed by atoms with Gasteiger partial charge in [0, 0.05) is 23.7 Å². The summed E-state index contributed by atoms with van der Waals surface area (Å²) in [5.41, 5.74) is 6.32. The average molecular weight is 239 g/mol. The van der Waals surface area contributed by atoms with E-state index in [-0.39, 0.29) is 6.04 Å². The van der Waals surface area contributed by atoms with E-state index in [0.29, 0.717) is 12.1 Å². The lowest BCUT2D eigenvalue weighted by atomic mass is 10.0. The van der Waals surface area contributed by atoms with Crippen molar-refractivity contribution in [2.75, 3.05) is 6.54 Å². The molecule has 2 N–H and O–H groups in total. The number of hydrogen-bond acceptors (Lipinski definition) is 4. The Morgan fingerprint density at radius 2 is 2.31 bits per heavy atom. The van der Waals surface area contributed by atoms with Crippen LogP contribution in [-0.2, 0) is 0 Å². The summed E-state index contributed by atoms with van der Waals surface area (Å²) < 4.78 is 0. The smallest absolute Gasteiger partial charge is 0.111 e. The zero-order chi connectivity index (χ0) is 11.5. The standard InChI is InChI=1S/C12H21N3S/c1-9(2)15-7-4-3-5-10(13)11(15)12-14-6-8-16-12/h6,8-11H,3-5,7,13H2,1-2H3. The van der Waals surface area contributed by atoms with Crippen molar-refractivity contribution in [3.8, 4) is 0 Å². The maximum atomic E-state index is 6.32. The van der Waals surface area contributed by atoms with Crippen LogP contribution in [0.15, 0.2) is 11.6 Å². The fraction of sp³-hybridized carbons (Fsp3) is 0.750. The molecule has 0 saturated carbocycles. The van der Waals surface area contributed by atoms with E-state index >= 15 is 0 Å². The molecule has 4 heteroatoms. The molecule has 2 unspecified atom stereocenters. The van der Waals surface area contributed by atoms with Crippen molar-refractivity contribution in [2.24, 2.45) is 5.73 Å². The van der Waals surface area contributed by atoms with Gasteiger partial charge in [-0.2, -0.15) is 0 Å². The van der Waals surface area contributed by atoms with Gasteiger partial charge in [0.05, 0.1) is 6.04 Å². The highest BCUT2D eigenvalue weighted by Gasteiger charge is 2.31. The second-order valence-electron chi connectivity index (χ2n) is 4.81. The van der Waals surface area contributed by atoms with E-state index in [2.05, 4.69) is 23.7 Å². The predicted molar refractivity (Wildman–Crippen MR) is 68.5 cm³/mol.